The molecule has 1 rings (SSSR count). The van der Waals surface area contributed by atoms with Crippen molar-refractivity contribution in [1.82, 2.24) is 5.32 Å². The minimum atomic E-state index is -0.202. The van der Waals surface area contributed by atoms with Crippen molar-refractivity contribution in [3.05, 3.63) is 0 Å². The standard InChI is InChI=1S/C14H27NO/c1-13(2,3)7-10-8-15-9-11(10)12(16)14(4,5)6/h10-11,15H,7-9H2,1-6H3/t10-,11-/m0/s1. The summed E-state index contributed by atoms with van der Waals surface area (Å²) in [6, 6.07) is 0. The normalized spacial score (nSPS) is 27.1. The molecule has 1 aliphatic rings. The molecule has 0 aromatic heterocycles. The van der Waals surface area contributed by atoms with Gasteiger partial charge in [0.2, 0.25) is 0 Å². The largest absolute Gasteiger partial charge is 0.316 e. The number of ketones is 1. The Morgan fingerprint density at radius 1 is 1.12 bits per heavy atom. The van der Waals surface area contributed by atoms with E-state index < -0.39 is 0 Å². The van der Waals surface area contributed by atoms with Crippen LogP contribution in [0.4, 0.5) is 0 Å². The maximum Gasteiger partial charge on any atom is 0.142 e. The molecule has 0 saturated carbocycles. The zero-order valence-electron chi connectivity index (χ0n) is 11.7. The number of Topliss-reactive ketones (excluding diaryl/α,β-unsaturated/α-hetero) is 1. The Morgan fingerprint density at radius 3 is 2.12 bits per heavy atom. The fourth-order valence-corrected chi connectivity index (χ4v) is 2.60. The molecule has 94 valence electrons. The predicted octanol–water partition coefficient (Wildman–Crippen LogP) is 2.87. The second kappa shape index (κ2) is 4.48. The van der Waals surface area contributed by atoms with Crippen LogP contribution in [-0.4, -0.2) is 18.9 Å². The first-order valence-corrected chi connectivity index (χ1v) is 6.36. The molecule has 0 amide bonds. The van der Waals surface area contributed by atoms with E-state index in [1.54, 1.807) is 0 Å². The minimum absolute atomic E-state index is 0.202. The highest BCUT2D eigenvalue weighted by molar-refractivity contribution is 5.86. The fourth-order valence-electron chi connectivity index (χ4n) is 2.60. The molecule has 0 bridgehead atoms. The van der Waals surface area contributed by atoms with Crippen molar-refractivity contribution in [3.8, 4) is 0 Å². The lowest BCUT2D eigenvalue weighted by molar-refractivity contribution is -0.131. The third-order valence-corrected chi connectivity index (χ3v) is 3.29. The van der Waals surface area contributed by atoms with E-state index in [9.17, 15) is 4.79 Å². The van der Waals surface area contributed by atoms with Crippen molar-refractivity contribution >= 4 is 5.78 Å². The van der Waals surface area contributed by atoms with Gasteiger partial charge in [0.05, 0.1) is 0 Å². The molecule has 0 radical (unpaired) electrons. The summed E-state index contributed by atoms with van der Waals surface area (Å²) in [5.74, 6) is 1.16. The van der Waals surface area contributed by atoms with Crippen LogP contribution in [0.15, 0.2) is 0 Å². The van der Waals surface area contributed by atoms with Gasteiger partial charge in [-0.05, 0) is 24.3 Å². The summed E-state index contributed by atoms with van der Waals surface area (Å²) in [6.07, 6.45) is 1.13. The quantitative estimate of drug-likeness (QED) is 0.783. The SMILES string of the molecule is CC(C)(C)C[C@H]1CNC[C@@H]1C(=O)C(C)(C)C. The first-order chi connectivity index (χ1) is 7.11. The van der Waals surface area contributed by atoms with Crippen LogP contribution >= 0.6 is 0 Å². The molecule has 16 heavy (non-hydrogen) atoms. The molecule has 0 spiro atoms. The van der Waals surface area contributed by atoms with Gasteiger partial charge in [0.1, 0.15) is 5.78 Å². The number of hydrogen-bond acceptors (Lipinski definition) is 2. The Balaban J connectivity index is 2.70. The summed E-state index contributed by atoms with van der Waals surface area (Å²) < 4.78 is 0. The lowest BCUT2D eigenvalue weighted by atomic mass is 9.74. The molecule has 1 fully saturated rings. The minimum Gasteiger partial charge on any atom is -0.316 e. The second-order valence-electron chi connectivity index (χ2n) is 7.40. The highest BCUT2D eigenvalue weighted by atomic mass is 16.1. The van der Waals surface area contributed by atoms with E-state index in [4.69, 9.17) is 0 Å². The average Bonchev–Trinajstić information content (AvgIpc) is 2.46. The van der Waals surface area contributed by atoms with Crippen LogP contribution in [-0.2, 0) is 4.79 Å². The van der Waals surface area contributed by atoms with Crippen molar-refractivity contribution in [2.24, 2.45) is 22.7 Å². The van der Waals surface area contributed by atoms with Gasteiger partial charge >= 0.3 is 0 Å². The lowest BCUT2D eigenvalue weighted by Gasteiger charge is -2.29. The first-order valence-electron chi connectivity index (χ1n) is 6.36. The van der Waals surface area contributed by atoms with Crippen molar-refractivity contribution in [2.75, 3.05) is 13.1 Å². The van der Waals surface area contributed by atoms with E-state index in [1.165, 1.54) is 0 Å². The van der Waals surface area contributed by atoms with Gasteiger partial charge in [0.25, 0.3) is 0 Å². The summed E-state index contributed by atoms with van der Waals surface area (Å²) in [7, 11) is 0. The van der Waals surface area contributed by atoms with E-state index in [1.807, 2.05) is 20.8 Å². The zero-order valence-corrected chi connectivity index (χ0v) is 11.7. The summed E-state index contributed by atoms with van der Waals surface area (Å²) in [6.45, 7) is 14.7. The molecule has 1 heterocycles. The van der Waals surface area contributed by atoms with Gasteiger partial charge in [-0.2, -0.15) is 0 Å². The van der Waals surface area contributed by atoms with Crippen LogP contribution in [0.3, 0.4) is 0 Å². The summed E-state index contributed by atoms with van der Waals surface area (Å²) in [5, 5.41) is 3.38. The molecule has 1 saturated heterocycles. The van der Waals surface area contributed by atoms with Crippen LogP contribution < -0.4 is 5.32 Å². The Labute approximate surface area is 100 Å². The van der Waals surface area contributed by atoms with Gasteiger partial charge in [-0.15, -0.1) is 0 Å². The lowest BCUT2D eigenvalue weighted by Crippen LogP contribution is -2.34. The maximum absolute atomic E-state index is 12.3. The van der Waals surface area contributed by atoms with Crippen molar-refractivity contribution in [2.45, 2.75) is 48.0 Å². The van der Waals surface area contributed by atoms with Crippen LogP contribution in [0.25, 0.3) is 0 Å². The van der Waals surface area contributed by atoms with E-state index in [2.05, 4.69) is 26.1 Å². The van der Waals surface area contributed by atoms with E-state index in [0.717, 1.165) is 19.5 Å². The molecule has 2 heteroatoms. The highest BCUT2D eigenvalue weighted by Gasteiger charge is 2.39. The predicted molar refractivity (Wildman–Crippen MR) is 68.4 cm³/mol. The van der Waals surface area contributed by atoms with Gasteiger partial charge in [-0.25, -0.2) is 0 Å². The summed E-state index contributed by atoms with van der Waals surface area (Å²) in [4.78, 5) is 12.3. The van der Waals surface area contributed by atoms with Gasteiger partial charge < -0.3 is 5.32 Å². The Kier molecular flexibility index (Phi) is 3.83. The number of nitrogens with one attached hydrogen (secondary N) is 1. The van der Waals surface area contributed by atoms with Crippen LogP contribution in [0.2, 0.25) is 0 Å². The van der Waals surface area contributed by atoms with Crippen molar-refractivity contribution in [1.29, 1.82) is 0 Å². The summed E-state index contributed by atoms with van der Waals surface area (Å²) in [5.41, 5.74) is 0.111. The maximum atomic E-state index is 12.3. The van der Waals surface area contributed by atoms with Crippen LogP contribution in [0.1, 0.15) is 48.0 Å². The number of hydrogen-bond donors (Lipinski definition) is 1. The van der Waals surface area contributed by atoms with Gasteiger partial charge in [0, 0.05) is 17.9 Å². The van der Waals surface area contributed by atoms with Crippen molar-refractivity contribution in [3.63, 3.8) is 0 Å². The highest BCUT2D eigenvalue weighted by Crippen LogP contribution is 2.34. The fraction of sp³-hybridized carbons (Fsp3) is 0.929. The van der Waals surface area contributed by atoms with Crippen LogP contribution in [0.5, 0.6) is 0 Å². The third-order valence-electron chi connectivity index (χ3n) is 3.29. The topological polar surface area (TPSA) is 29.1 Å². The van der Waals surface area contributed by atoms with Gasteiger partial charge in [-0.3, -0.25) is 4.79 Å². The van der Waals surface area contributed by atoms with E-state index in [-0.39, 0.29) is 11.3 Å². The molecule has 2 nitrogen and oxygen atoms in total. The molecular weight excluding hydrogens is 198 g/mol. The second-order valence-corrected chi connectivity index (χ2v) is 7.40. The third kappa shape index (κ3) is 3.58. The monoisotopic (exact) mass is 225 g/mol. The van der Waals surface area contributed by atoms with Crippen LogP contribution in [0, 0.1) is 22.7 Å². The Hall–Kier alpha value is -0.370. The smallest absolute Gasteiger partial charge is 0.142 e. The van der Waals surface area contributed by atoms with Crippen molar-refractivity contribution < 1.29 is 4.79 Å². The Bertz CT molecular complexity index is 257. The molecule has 0 unspecified atom stereocenters. The molecular formula is C14H27NO. The number of carbonyl (C=O) groups excluding carboxylic acids is 1. The number of carbonyl (C=O) groups is 1. The van der Waals surface area contributed by atoms with E-state index >= 15 is 0 Å². The molecule has 1 aliphatic heterocycles. The molecule has 0 aromatic rings. The molecule has 0 aromatic carbocycles. The molecule has 0 aliphatic carbocycles. The zero-order chi connectivity index (χ0) is 12.6. The molecule has 1 N–H and O–H groups in total. The molecule has 2 atom stereocenters. The first kappa shape index (κ1) is 13.7. The average molecular weight is 225 g/mol. The van der Waals surface area contributed by atoms with Gasteiger partial charge in [0.15, 0.2) is 0 Å². The van der Waals surface area contributed by atoms with E-state index in [0.29, 0.717) is 17.1 Å². The summed E-state index contributed by atoms with van der Waals surface area (Å²) >= 11 is 0. The number of rotatable bonds is 2. The Morgan fingerprint density at radius 2 is 1.69 bits per heavy atom. The van der Waals surface area contributed by atoms with Gasteiger partial charge in [-0.1, -0.05) is 41.5 Å².